The van der Waals surface area contributed by atoms with Crippen LogP contribution in [0.4, 0.5) is 5.69 Å². The van der Waals surface area contributed by atoms with Gasteiger partial charge in [-0.2, -0.15) is 0 Å². The molecule has 2 heteroatoms. The van der Waals surface area contributed by atoms with Gasteiger partial charge in [0.25, 0.3) is 0 Å². The molecule has 0 N–H and O–H groups in total. The van der Waals surface area contributed by atoms with E-state index in [1.54, 1.807) is 11.1 Å². The fourth-order valence-corrected chi connectivity index (χ4v) is 5.47. The first-order chi connectivity index (χ1) is 13.3. The number of hydrogen-bond donors (Lipinski definition) is 0. The molecule has 1 unspecified atom stereocenters. The third-order valence-corrected chi connectivity index (χ3v) is 7.03. The molecule has 0 saturated carbocycles. The Morgan fingerprint density at radius 3 is 2.41 bits per heavy atom. The predicted octanol–water partition coefficient (Wildman–Crippen LogP) is 4.93. The van der Waals surface area contributed by atoms with Gasteiger partial charge in [-0.05, 0) is 61.8 Å². The van der Waals surface area contributed by atoms with Crippen molar-refractivity contribution < 1.29 is 0 Å². The molecule has 2 aromatic rings. The van der Waals surface area contributed by atoms with Crippen molar-refractivity contribution in [2.75, 3.05) is 24.5 Å². The molecule has 2 heterocycles. The van der Waals surface area contributed by atoms with Crippen LogP contribution in [0.5, 0.6) is 0 Å². The van der Waals surface area contributed by atoms with Crippen molar-refractivity contribution in [2.45, 2.75) is 51.1 Å². The van der Waals surface area contributed by atoms with E-state index in [9.17, 15) is 0 Å². The summed E-state index contributed by atoms with van der Waals surface area (Å²) in [6.07, 6.45) is 8.72. The Bertz CT molecular complexity index is 845. The van der Waals surface area contributed by atoms with Crippen LogP contribution < -0.4 is 4.90 Å². The maximum atomic E-state index is 2.78. The first-order valence-corrected chi connectivity index (χ1v) is 10.7. The van der Waals surface area contributed by atoms with E-state index in [1.807, 2.05) is 0 Å². The molecular weight excluding hydrogens is 328 g/mol. The van der Waals surface area contributed by atoms with Crippen molar-refractivity contribution >= 4 is 11.3 Å². The third-order valence-electron chi connectivity index (χ3n) is 7.03. The summed E-state index contributed by atoms with van der Waals surface area (Å²) in [7, 11) is 0. The number of allylic oxidation sites excluding steroid dienone is 1. The Balaban J connectivity index is 1.25. The molecular formula is C25H30N2. The second kappa shape index (κ2) is 7.16. The molecule has 0 amide bonds. The molecule has 1 atom stereocenters. The van der Waals surface area contributed by atoms with Gasteiger partial charge in [0.15, 0.2) is 0 Å². The zero-order valence-electron chi connectivity index (χ0n) is 16.4. The van der Waals surface area contributed by atoms with E-state index in [2.05, 4.69) is 71.3 Å². The molecule has 27 heavy (non-hydrogen) atoms. The second-order valence-corrected chi connectivity index (χ2v) is 8.39. The van der Waals surface area contributed by atoms with Crippen LogP contribution in [0.3, 0.4) is 0 Å². The average Bonchev–Trinajstić information content (AvgIpc) is 3.12. The van der Waals surface area contributed by atoms with E-state index in [0.717, 1.165) is 12.6 Å². The molecule has 0 radical (unpaired) electrons. The van der Waals surface area contributed by atoms with Gasteiger partial charge in [-0.3, -0.25) is 4.90 Å². The first-order valence-electron chi connectivity index (χ1n) is 10.7. The zero-order valence-corrected chi connectivity index (χ0v) is 16.4. The predicted molar refractivity (Wildman–Crippen MR) is 114 cm³/mol. The Hall–Kier alpha value is -2.06. The molecule has 3 aliphatic rings. The van der Waals surface area contributed by atoms with Gasteiger partial charge in [0.1, 0.15) is 0 Å². The number of benzene rings is 2. The summed E-state index contributed by atoms with van der Waals surface area (Å²) < 4.78 is 0. The Kier molecular flexibility index (Phi) is 4.53. The Labute approximate surface area is 163 Å². The lowest BCUT2D eigenvalue weighted by molar-refractivity contribution is 0.139. The number of hydrogen-bond acceptors (Lipinski definition) is 2. The van der Waals surface area contributed by atoms with Crippen molar-refractivity contribution in [3.8, 4) is 0 Å². The summed E-state index contributed by atoms with van der Waals surface area (Å²) in [6, 6.07) is 19.5. The highest BCUT2D eigenvalue weighted by molar-refractivity contribution is 5.85. The van der Waals surface area contributed by atoms with Crippen molar-refractivity contribution in [1.82, 2.24) is 4.90 Å². The molecule has 2 aromatic carbocycles. The lowest BCUT2D eigenvalue weighted by Crippen LogP contribution is -2.49. The number of piperidine rings is 1. The minimum Gasteiger partial charge on any atom is -0.364 e. The molecule has 5 rings (SSSR count). The van der Waals surface area contributed by atoms with Gasteiger partial charge in [-0.25, -0.2) is 0 Å². The molecule has 2 aliphatic heterocycles. The summed E-state index contributed by atoms with van der Waals surface area (Å²) >= 11 is 0. The van der Waals surface area contributed by atoms with Crippen LogP contribution in [-0.4, -0.2) is 36.6 Å². The summed E-state index contributed by atoms with van der Waals surface area (Å²) in [5.74, 6) is 0. The molecule has 2 nitrogen and oxygen atoms in total. The number of nitrogens with zero attached hydrogens (tertiary/aromatic N) is 2. The van der Waals surface area contributed by atoms with E-state index in [1.165, 1.54) is 62.0 Å². The monoisotopic (exact) mass is 358 g/mol. The minimum atomic E-state index is 0.690. The number of rotatable bonds is 2. The van der Waals surface area contributed by atoms with Gasteiger partial charge >= 0.3 is 0 Å². The summed E-state index contributed by atoms with van der Waals surface area (Å²) in [5.41, 5.74) is 7.57. The molecule has 0 aromatic heterocycles. The van der Waals surface area contributed by atoms with E-state index in [-0.39, 0.29) is 0 Å². The summed E-state index contributed by atoms with van der Waals surface area (Å²) in [6.45, 7) is 5.78. The van der Waals surface area contributed by atoms with E-state index >= 15 is 0 Å². The standard InChI is InChI=1S/C25H30N2/c1-2-19-18-27(25-10-6-5-9-24(19)25)22-13-15-26(16-14-22)23-12-11-20-7-3-4-8-21(20)17-23/h2-10,22-23H,11-18H2,1H3. The lowest BCUT2D eigenvalue weighted by atomic mass is 9.86. The fraction of sp³-hybridized carbons (Fsp3) is 0.440. The topological polar surface area (TPSA) is 6.48 Å². The van der Waals surface area contributed by atoms with Crippen molar-refractivity contribution in [3.63, 3.8) is 0 Å². The number of likely N-dealkylation sites (tertiary alicyclic amines) is 1. The van der Waals surface area contributed by atoms with Gasteiger partial charge in [0.05, 0.1) is 0 Å². The van der Waals surface area contributed by atoms with Gasteiger partial charge < -0.3 is 4.90 Å². The highest BCUT2D eigenvalue weighted by atomic mass is 15.2. The average molecular weight is 359 g/mol. The van der Waals surface area contributed by atoms with Crippen LogP contribution in [0.2, 0.25) is 0 Å². The molecule has 0 spiro atoms. The second-order valence-electron chi connectivity index (χ2n) is 8.39. The van der Waals surface area contributed by atoms with Crippen LogP contribution in [0.15, 0.2) is 54.6 Å². The van der Waals surface area contributed by atoms with E-state index < -0.39 is 0 Å². The van der Waals surface area contributed by atoms with Crippen LogP contribution in [0.1, 0.15) is 42.9 Å². The minimum absolute atomic E-state index is 0.690. The van der Waals surface area contributed by atoms with Crippen LogP contribution in [0.25, 0.3) is 5.57 Å². The van der Waals surface area contributed by atoms with Crippen LogP contribution in [-0.2, 0) is 12.8 Å². The lowest BCUT2D eigenvalue weighted by Gasteiger charge is -2.42. The van der Waals surface area contributed by atoms with Crippen molar-refractivity contribution in [3.05, 3.63) is 71.3 Å². The smallest absolute Gasteiger partial charge is 0.0448 e. The molecule has 1 saturated heterocycles. The van der Waals surface area contributed by atoms with Gasteiger partial charge in [-0.15, -0.1) is 0 Å². The maximum absolute atomic E-state index is 2.78. The van der Waals surface area contributed by atoms with E-state index in [0.29, 0.717) is 6.04 Å². The number of aryl methyl sites for hydroxylation is 1. The van der Waals surface area contributed by atoms with E-state index in [4.69, 9.17) is 0 Å². The maximum Gasteiger partial charge on any atom is 0.0448 e. The molecule has 1 aliphatic carbocycles. The summed E-state index contributed by atoms with van der Waals surface area (Å²) in [4.78, 5) is 5.46. The number of anilines is 1. The largest absolute Gasteiger partial charge is 0.364 e. The van der Waals surface area contributed by atoms with Crippen molar-refractivity contribution in [1.29, 1.82) is 0 Å². The van der Waals surface area contributed by atoms with Gasteiger partial charge in [-0.1, -0.05) is 48.5 Å². The first kappa shape index (κ1) is 17.1. The number of fused-ring (bicyclic) bond motifs is 2. The highest BCUT2D eigenvalue weighted by Crippen LogP contribution is 2.39. The molecule has 1 fully saturated rings. The highest BCUT2D eigenvalue weighted by Gasteiger charge is 2.33. The van der Waals surface area contributed by atoms with Gasteiger partial charge in [0.2, 0.25) is 0 Å². The number of para-hydroxylation sites is 1. The Morgan fingerprint density at radius 1 is 0.852 bits per heavy atom. The van der Waals surface area contributed by atoms with Gasteiger partial charge in [0, 0.05) is 43.0 Å². The zero-order chi connectivity index (χ0) is 18.2. The fourth-order valence-electron chi connectivity index (χ4n) is 5.47. The normalized spacial score (nSPS) is 24.9. The summed E-state index contributed by atoms with van der Waals surface area (Å²) in [5, 5.41) is 0. The molecule has 0 bridgehead atoms. The third kappa shape index (κ3) is 3.10. The quantitative estimate of drug-likeness (QED) is 0.751. The molecule has 140 valence electrons. The SMILES string of the molecule is CC=C1CN(C2CCN(C3CCc4ccccc4C3)CC2)c2ccccc21. The van der Waals surface area contributed by atoms with Crippen LogP contribution >= 0.6 is 0 Å². The van der Waals surface area contributed by atoms with Crippen molar-refractivity contribution in [2.24, 2.45) is 0 Å². The van der Waals surface area contributed by atoms with Crippen LogP contribution in [0, 0.1) is 0 Å². The Morgan fingerprint density at radius 2 is 1.59 bits per heavy atom.